The predicted octanol–water partition coefficient (Wildman–Crippen LogP) is 0.831. The molecule has 1 saturated carbocycles. The summed E-state index contributed by atoms with van der Waals surface area (Å²) >= 11 is 0. The van der Waals surface area contributed by atoms with Crippen LogP contribution in [-0.4, -0.2) is 35.9 Å². The zero-order valence-electron chi connectivity index (χ0n) is 9.75. The van der Waals surface area contributed by atoms with Crippen LogP contribution in [0.25, 0.3) is 0 Å². The Hall–Kier alpha value is -0.610. The summed E-state index contributed by atoms with van der Waals surface area (Å²) in [6.45, 7) is 3.50. The topological polar surface area (TPSA) is 58.6 Å². The Morgan fingerprint density at radius 2 is 1.87 bits per heavy atom. The van der Waals surface area contributed by atoms with Crippen LogP contribution in [0.2, 0.25) is 0 Å². The third kappa shape index (κ3) is 3.47. The molecule has 2 N–H and O–H groups in total. The summed E-state index contributed by atoms with van der Waals surface area (Å²) in [5, 5.41) is 12.3. The van der Waals surface area contributed by atoms with Gasteiger partial charge in [-0.1, -0.05) is 0 Å². The van der Waals surface area contributed by atoms with Crippen LogP contribution >= 0.6 is 0 Å². The maximum atomic E-state index is 11.7. The van der Waals surface area contributed by atoms with E-state index in [9.17, 15) is 9.90 Å². The van der Waals surface area contributed by atoms with Gasteiger partial charge >= 0.3 is 0 Å². The standard InChI is InChI=1S/C11H21NO3/c1-11(2,15-3)10(14)12-8-4-6-9(13)7-5-8/h8-9,13H,4-7H2,1-3H3,(H,12,14). The molecule has 1 rings (SSSR count). The molecular formula is C11H21NO3. The van der Waals surface area contributed by atoms with Crippen LogP contribution in [0.15, 0.2) is 0 Å². The lowest BCUT2D eigenvalue weighted by molar-refractivity contribution is -0.140. The van der Waals surface area contributed by atoms with Gasteiger partial charge in [0.1, 0.15) is 5.60 Å². The molecule has 4 heteroatoms. The SMILES string of the molecule is COC(C)(C)C(=O)NC1CCC(O)CC1. The van der Waals surface area contributed by atoms with Gasteiger partial charge in [-0.3, -0.25) is 4.79 Å². The van der Waals surface area contributed by atoms with E-state index in [1.807, 2.05) is 0 Å². The minimum atomic E-state index is -0.768. The second-order valence-corrected chi connectivity index (χ2v) is 4.69. The second kappa shape index (κ2) is 4.94. The van der Waals surface area contributed by atoms with Crippen LogP contribution < -0.4 is 5.32 Å². The Morgan fingerprint density at radius 1 is 1.33 bits per heavy atom. The molecule has 0 saturated heterocycles. The molecule has 0 bridgehead atoms. The lowest BCUT2D eigenvalue weighted by Gasteiger charge is -2.30. The summed E-state index contributed by atoms with van der Waals surface area (Å²) in [5.41, 5.74) is -0.768. The molecule has 0 radical (unpaired) electrons. The average molecular weight is 215 g/mol. The van der Waals surface area contributed by atoms with Crippen molar-refractivity contribution >= 4 is 5.91 Å². The molecule has 15 heavy (non-hydrogen) atoms. The number of amides is 1. The number of aliphatic hydroxyl groups is 1. The maximum absolute atomic E-state index is 11.7. The third-order valence-corrected chi connectivity index (χ3v) is 3.09. The molecule has 0 atom stereocenters. The van der Waals surface area contributed by atoms with Gasteiger partial charge in [0, 0.05) is 13.2 Å². The molecule has 1 fully saturated rings. The summed E-state index contributed by atoms with van der Waals surface area (Å²) in [6.07, 6.45) is 3.07. The van der Waals surface area contributed by atoms with Crippen LogP contribution in [-0.2, 0) is 9.53 Å². The highest BCUT2D eigenvalue weighted by Crippen LogP contribution is 2.19. The van der Waals surface area contributed by atoms with Crippen LogP contribution in [0.3, 0.4) is 0 Å². The number of carbonyl (C=O) groups is 1. The van der Waals surface area contributed by atoms with E-state index in [1.54, 1.807) is 13.8 Å². The minimum absolute atomic E-state index is 0.0774. The van der Waals surface area contributed by atoms with Gasteiger partial charge in [0.2, 0.25) is 0 Å². The number of hydrogen-bond donors (Lipinski definition) is 2. The van der Waals surface area contributed by atoms with Gasteiger partial charge in [0.15, 0.2) is 0 Å². The van der Waals surface area contributed by atoms with Gasteiger partial charge in [0.25, 0.3) is 5.91 Å². The van der Waals surface area contributed by atoms with Gasteiger partial charge in [-0.15, -0.1) is 0 Å². The second-order valence-electron chi connectivity index (χ2n) is 4.69. The summed E-state index contributed by atoms with van der Waals surface area (Å²) in [5.74, 6) is -0.0774. The highest BCUT2D eigenvalue weighted by molar-refractivity contribution is 5.84. The van der Waals surface area contributed by atoms with E-state index in [0.29, 0.717) is 0 Å². The van der Waals surface area contributed by atoms with E-state index in [1.165, 1.54) is 7.11 Å². The number of methoxy groups -OCH3 is 1. The Bertz CT molecular complexity index is 220. The highest BCUT2D eigenvalue weighted by atomic mass is 16.5. The Labute approximate surface area is 91.0 Å². The number of hydrogen-bond acceptors (Lipinski definition) is 3. The number of ether oxygens (including phenoxy) is 1. The summed E-state index contributed by atoms with van der Waals surface area (Å²) in [6, 6.07) is 0.190. The normalized spacial score (nSPS) is 27.5. The maximum Gasteiger partial charge on any atom is 0.251 e. The molecule has 0 aliphatic heterocycles. The molecule has 1 aliphatic carbocycles. The zero-order chi connectivity index (χ0) is 11.5. The molecule has 0 heterocycles. The third-order valence-electron chi connectivity index (χ3n) is 3.09. The van der Waals surface area contributed by atoms with Gasteiger partial charge in [-0.2, -0.15) is 0 Å². The first-order valence-electron chi connectivity index (χ1n) is 5.50. The molecule has 0 aromatic rings. The first kappa shape index (κ1) is 12.5. The fourth-order valence-corrected chi connectivity index (χ4v) is 1.67. The van der Waals surface area contributed by atoms with Crippen molar-refractivity contribution in [3.63, 3.8) is 0 Å². The van der Waals surface area contributed by atoms with Gasteiger partial charge < -0.3 is 15.2 Å². The Kier molecular flexibility index (Phi) is 4.11. The Morgan fingerprint density at radius 3 is 2.33 bits per heavy atom. The minimum Gasteiger partial charge on any atom is -0.393 e. The summed E-state index contributed by atoms with van der Waals surface area (Å²) in [4.78, 5) is 11.7. The van der Waals surface area contributed by atoms with Crippen LogP contribution in [0.4, 0.5) is 0 Å². The number of nitrogens with one attached hydrogen (secondary N) is 1. The fourth-order valence-electron chi connectivity index (χ4n) is 1.67. The number of rotatable bonds is 3. The molecule has 4 nitrogen and oxygen atoms in total. The lowest BCUT2D eigenvalue weighted by Crippen LogP contribution is -2.49. The van der Waals surface area contributed by atoms with Gasteiger partial charge in [-0.05, 0) is 39.5 Å². The van der Waals surface area contributed by atoms with Crippen molar-refractivity contribution in [1.82, 2.24) is 5.32 Å². The quantitative estimate of drug-likeness (QED) is 0.733. The smallest absolute Gasteiger partial charge is 0.251 e. The first-order chi connectivity index (χ1) is 6.95. The van der Waals surface area contributed by atoms with Gasteiger partial charge in [0.05, 0.1) is 6.10 Å². The van der Waals surface area contributed by atoms with Crippen molar-refractivity contribution in [3.8, 4) is 0 Å². The van der Waals surface area contributed by atoms with Crippen molar-refractivity contribution < 1.29 is 14.6 Å². The highest BCUT2D eigenvalue weighted by Gasteiger charge is 2.30. The molecule has 0 aromatic heterocycles. The fraction of sp³-hybridized carbons (Fsp3) is 0.909. The van der Waals surface area contributed by atoms with E-state index in [-0.39, 0.29) is 18.1 Å². The molecule has 0 unspecified atom stereocenters. The van der Waals surface area contributed by atoms with E-state index >= 15 is 0 Å². The van der Waals surface area contributed by atoms with E-state index < -0.39 is 5.60 Å². The molecule has 0 aromatic carbocycles. The molecule has 0 spiro atoms. The molecular weight excluding hydrogens is 194 g/mol. The van der Waals surface area contributed by atoms with Crippen LogP contribution in [0.1, 0.15) is 39.5 Å². The number of aliphatic hydroxyl groups excluding tert-OH is 1. The summed E-state index contributed by atoms with van der Waals surface area (Å²) in [7, 11) is 1.53. The van der Waals surface area contributed by atoms with Crippen molar-refractivity contribution in [2.24, 2.45) is 0 Å². The van der Waals surface area contributed by atoms with Crippen molar-refractivity contribution in [2.45, 2.75) is 57.3 Å². The van der Waals surface area contributed by atoms with E-state index in [2.05, 4.69) is 5.32 Å². The molecule has 1 aliphatic rings. The van der Waals surface area contributed by atoms with Gasteiger partial charge in [-0.25, -0.2) is 0 Å². The molecule has 1 amide bonds. The first-order valence-corrected chi connectivity index (χ1v) is 5.50. The average Bonchev–Trinajstić information content (AvgIpc) is 2.21. The molecule has 88 valence electrons. The van der Waals surface area contributed by atoms with Crippen LogP contribution in [0.5, 0.6) is 0 Å². The number of carbonyl (C=O) groups excluding carboxylic acids is 1. The zero-order valence-corrected chi connectivity index (χ0v) is 9.75. The van der Waals surface area contributed by atoms with Crippen molar-refractivity contribution in [2.75, 3.05) is 7.11 Å². The summed E-state index contributed by atoms with van der Waals surface area (Å²) < 4.78 is 5.10. The van der Waals surface area contributed by atoms with Crippen molar-refractivity contribution in [3.05, 3.63) is 0 Å². The van der Waals surface area contributed by atoms with E-state index in [4.69, 9.17) is 4.74 Å². The monoisotopic (exact) mass is 215 g/mol. The lowest BCUT2D eigenvalue weighted by atomic mass is 9.92. The van der Waals surface area contributed by atoms with Crippen LogP contribution in [0, 0.1) is 0 Å². The Balaban J connectivity index is 2.39. The largest absolute Gasteiger partial charge is 0.393 e. The van der Waals surface area contributed by atoms with Crippen molar-refractivity contribution in [1.29, 1.82) is 0 Å². The predicted molar refractivity (Wildman–Crippen MR) is 57.5 cm³/mol. The van der Waals surface area contributed by atoms with E-state index in [0.717, 1.165) is 25.7 Å².